The van der Waals surface area contributed by atoms with Crippen molar-refractivity contribution < 1.29 is 9.59 Å². The maximum atomic E-state index is 11.9. The first kappa shape index (κ1) is 10.2. The van der Waals surface area contributed by atoms with Gasteiger partial charge < -0.3 is 0 Å². The first-order valence-corrected chi connectivity index (χ1v) is 5.48. The number of likely N-dealkylation sites (tertiary alicyclic amines) is 1. The average Bonchev–Trinajstić information content (AvgIpc) is 2.51. The zero-order valence-corrected chi connectivity index (χ0v) is 8.61. The maximum Gasteiger partial charge on any atom is 0.233 e. The van der Waals surface area contributed by atoms with Crippen LogP contribution in [-0.4, -0.2) is 23.3 Å². The van der Waals surface area contributed by atoms with Crippen LogP contribution >= 0.6 is 0 Å². The minimum atomic E-state index is -0.0788. The molecule has 2 amide bonds. The third-order valence-corrected chi connectivity index (χ3v) is 3.38. The molecule has 0 radical (unpaired) electrons. The monoisotopic (exact) mass is 206 g/mol. The zero-order chi connectivity index (χ0) is 10.8. The van der Waals surface area contributed by atoms with Crippen LogP contribution in [0, 0.1) is 23.2 Å². The van der Waals surface area contributed by atoms with Gasteiger partial charge in [0.1, 0.15) is 0 Å². The Kier molecular flexibility index (Phi) is 2.72. The lowest BCUT2D eigenvalue weighted by Gasteiger charge is -2.19. The number of hydrogen-bond acceptors (Lipinski definition) is 3. The van der Waals surface area contributed by atoms with Crippen molar-refractivity contribution in [1.29, 1.82) is 5.26 Å². The van der Waals surface area contributed by atoms with Crippen molar-refractivity contribution in [2.45, 2.75) is 32.1 Å². The van der Waals surface area contributed by atoms with Gasteiger partial charge in [-0.25, -0.2) is 0 Å². The maximum absolute atomic E-state index is 11.9. The summed E-state index contributed by atoms with van der Waals surface area (Å²) in [5.41, 5.74) is 0. The third-order valence-electron chi connectivity index (χ3n) is 3.38. The topological polar surface area (TPSA) is 61.2 Å². The van der Waals surface area contributed by atoms with Crippen LogP contribution in [-0.2, 0) is 9.59 Å². The van der Waals surface area contributed by atoms with Gasteiger partial charge >= 0.3 is 0 Å². The highest BCUT2D eigenvalue weighted by atomic mass is 16.2. The van der Waals surface area contributed by atoms with Gasteiger partial charge in [0.05, 0.1) is 24.3 Å². The lowest BCUT2D eigenvalue weighted by atomic mass is 9.81. The van der Waals surface area contributed by atoms with Crippen molar-refractivity contribution >= 4 is 11.8 Å². The standard InChI is InChI=1S/C11H14N2O2/c12-6-3-7-13-10(14)8-4-1-2-5-9(8)11(13)15/h8-9H,1-5,7H2/t8-,9+. The summed E-state index contributed by atoms with van der Waals surface area (Å²) in [4.78, 5) is 25.0. The van der Waals surface area contributed by atoms with E-state index in [1.165, 1.54) is 4.90 Å². The Hall–Kier alpha value is -1.37. The Bertz CT molecular complexity index is 308. The molecule has 0 spiro atoms. The number of carbonyl (C=O) groups is 2. The van der Waals surface area contributed by atoms with E-state index in [1.807, 2.05) is 6.07 Å². The molecular weight excluding hydrogens is 192 g/mol. The van der Waals surface area contributed by atoms with Gasteiger partial charge in [-0.2, -0.15) is 5.26 Å². The van der Waals surface area contributed by atoms with E-state index in [0.717, 1.165) is 25.7 Å². The first-order chi connectivity index (χ1) is 7.25. The van der Waals surface area contributed by atoms with Crippen LogP contribution in [0.25, 0.3) is 0 Å². The van der Waals surface area contributed by atoms with Crippen molar-refractivity contribution in [3.05, 3.63) is 0 Å². The number of fused-ring (bicyclic) bond motifs is 1. The van der Waals surface area contributed by atoms with Crippen molar-refractivity contribution in [3.8, 4) is 6.07 Å². The molecule has 2 atom stereocenters. The summed E-state index contributed by atoms with van der Waals surface area (Å²) in [5, 5.41) is 8.46. The van der Waals surface area contributed by atoms with E-state index in [2.05, 4.69) is 0 Å². The molecule has 1 saturated heterocycles. The molecule has 80 valence electrons. The van der Waals surface area contributed by atoms with Crippen LogP contribution in [0.2, 0.25) is 0 Å². The van der Waals surface area contributed by atoms with E-state index >= 15 is 0 Å². The van der Waals surface area contributed by atoms with E-state index < -0.39 is 0 Å². The summed E-state index contributed by atoms with van der Waals surface area (Å²) in [6.45, 7) is 0.279. The fraction of sp³-hybridized carbons (Fsp3) is 0.727. The van der Waals surface area contributed by atoms with Crippen molar-refractivity contribution in [2.24, 2.45) is 11.8 Å². The van der Waals surface area contributed by atoms with Gasteiger partial charge in [-0.3, -0.25) is 14.5 Å². The predicted molar refractivity (Wildman–Crippen MR) is 52.4 cm³/mol. The molecule has 0 aromatic carbocycles. The number of hydrogen-bond donors (Lipinski definition) is 0. The molecule has 0 aromatic heterocycles. The Labute approximate surface area is 88.9 Å². The Morgan fingerprint density at radius 1 is 1.20 bits per heavy atom. The predicted octanol–water partition coefficient (Wildman–Crippen LogP) is 1.08. The molecule has 0 aromatic rings. The second kappa shape index (κ2) is 4.01. The van der Waals surface area contributed by atoms with Gasteiger partial charge in [-0.05, 0) is 12.8 Å². The Morgan fingerprint density at radius 2 is 1.73 bits per heavy atom. The second-order valence-electron chi connectivity index (χ2n) is 4.23. The van der Waals surface area contributed by atoms with Crippen LogP contribution in [0.3, 0.4) is 0 Å². The molecule has 2 rings (SSSR count). The average molecular weight is 206 g/mol. The number of rotatable bonds is 2. The largest absolute Gasteiger partial charge is 0.281 e. The van der Waals surface area contributed by atoms with Gasteiger partial charge in [-0.1, -0.05) is 12.8 Å². The normalized spacial score (nSPS) is 30.2. The summed E-state index contributed by atoms with van der Waals surface area (Å²) < 4.78 is 0. The number of nitriles is 1. The number of amides is 2. The SMILES string of the molecule is N#CCCN1C(=O)[C@H]2CCCC[C@H]2C1=O. The van der Waals surface area contributed by atoms with Gasteiger partial charge in [0.25, 0.3) is 0 Å². The number of nitrogens with zero attached hydrogens (tertiary/aromatic N) is 2. The van der Waals surface area contributed by atoms with Gasteiger partial charge in [0.15, 0.2) is 0 Å². The molecule has 1 aliphatic carbocycles. The van der Waals surface area contributed by atoms with Crippen LogP contribution in [0.15, 0.2) is 0 Å². The molecule has 0 unspecified atom stereocenters. The Morgan fingerprint density at radius 3 is 2.20 bits per heavy atom. The smallest absolute Gasteiger partial charge is 0.233 e. The van der Waals surface area contributed by atoms with Crippen molar-refractivity contribution in [2.75, 3.05) is 6.54 Å². The summed E-state index contributed by atoms with van der Waals surface area (Å²) >= 11 is 0. The van der Waals surface area contributed by atoms with E-state index in [4.69, 9.17) is 5.26 Å². The van der Waals surface area contributed by atoms with Crippen LogP contribution in [0.4, 0.5) is 0 Å². The summed E-state index contributed by atoms with van der Waals surface area (Å²) in [6, 6.07) is 1.97. The van der Waals surface area contributed by atoms with Gasteiger partial charge in [0, 0.05) is 6.54 Å². The lowest BCUT2D eigenvalue weighted by Crippen LogP contribution is -2.31. The molecule has 1 aliphatic heterocycles. The molecule has 0 bridgehead atoms. The van der Waals surface area contributed by atoms with Gasteiger partial charge in [0.2, 0.25) is 11.8 Å². The molecular formula is C11H14N2O2. The van der Waals surface area contributed by atoms with Crippen LogP contribution in [0.1, 0.15) is 32.1 Å². The molecule has 2 aliphatic rings. The fourth-order valence-corrected chi connectivity index (χ4v) is 2.61. The van der Waals surface area contributed by atoms with Crippen molar-refractivity contribution in [3.63, 3.8) is 0 Å². The fourth-order valence-electron chi connectivity index (χ4n) is 2.61. The molecule has 1 saturated carbocycles. The lowest BCUT2D eigenvalue weighted by molar-refractivity contribution is -0.139. The second-order valence-corrected chi connectivity index (χ2v) is 4.23. The van der Waals surface area contributed by atoms with E-state index in [-0.39, 0.29) is 36.6 Å². The minimum absolute atomic E-state index is 0.0417. The molecule has 15 heavy (non-hydrogen) atoms. The third kappa shape index (κ3) is 1.63. The highest BCUT2D eigenvalue weighted by Crippen LogP contribution is 2.37. The summed E-state index contributed by atoms with van der Waals surface area (Å²) in [6.07, 6.45) is 4.03. The van der Waals surface area contributed by atoms with Crippen LogP contribution < -0.4 is 0 Å². The quantitative estimate of drug-likeness (QED) is 0.635. The zero-order valence-electron chi connectivity index (χ0n) is 8.61. The molecule has 0 N–H and O–H groups in total. The Balaban J connectivity index is 2.11. The van der Waals surface area contributed by atoms with E-state index in [1.54, 1.807) is 0 Å². The molecule has 4 nitrogen and oxygen atoms in total. The molecule has 4 heteroatoms. The van der Waals surface area contributed by atoms with Gasteiger partial charge in [-0.15, -0.1) is 0 Å². The van der Waals surface area contributed by atoms with Crippen molar-refractivity contribution in [1.82, 2.24) is 4.90 Å². The van der Waals surface area contributed by atoms with Crippen LogP contribution in [0.5, 0.6) is 0 Å². The molecule has 2 fully saturated rings. The highest BCUT2D eigenvalue weighted by molar-refractivity contribution is 6.05. The minimum Gasteiger partial charge on any atom is -0.281 e. The van der Waals surface area contributed by atoms with E-state index in [9.17, 15) is 9.59 Å². The highest BCUT2D eigenvalue weighted by Gasteiger charge is 2.47. The molecule has 1 heterocycles. The summed E-state index contributed by atoms with van der Waals surface area (Å²) in [5.74, 6) is -0.241. The summed E-state index contributed by atoms with van der Waals surface area (Å²) in [7, 11) is 0. The first-order valence-electron chi connectivity index (χ1n) is 5.48. The number of imide groups is 1. The number of carbonyl (C=O) groups excluding carboxylic acids is 2. The van der Waals surface area contributed by atoms with E-state index in [0.29, 0.717) is 0 Å².